The van der Waals surface area contributed by atoms with E-state index in [1.165, 1.54) is 11.8 Å². The Labute approximate surface area is 195 Å². The third kappa shape index (κ3) is 5.69. The number of hydrogen-bond donors (Lipinski definition) is 1. The lowest BCUT2D eigenvalue weighted by Gasteiger charge is -2.17. The van der Waals surface area contributed by atoms with Gasteiger partial charge >= 0.3 is 0 Å². The minimum absolute atomic E-state index is 0.0686. The standard InChI is InChI=1S/C24H22N4O4S/c1-16-12-21(27-32-16)26-22(29)15-33-24-25-20(13-17-8-10-19(31-2)11-9-17)23(30)28(24)14-18-6-4-3-5-7-18/h3-13H,14-15H2,1-2H3,(H,26,27,29)/b20-13-. The topological polar surface area (TPSA) is 97.0 Å². The number of amides is 2. The van der Waals surface area contributed by atoms with Gasteiger partial charge in [-0.2, -0.15) is 0 Å². The number of ether oxygens (including phenoxy) is 1. The zero-order valence-corrected chi connectivity index (χ0v) is 19.0. The van der Waals surface area contributed by atoms with Crippen LogP contribution < -0.4 is 10.1 Å². The fourth-order valence-electron chi connectivity index (χ4n) is 3.14. The molecule has 0 unspecified atom stereocenters. The number of anilines is 1. The molecule has 1 aliphatic heterocycles. The fourth-order valence-corrected chi connectivity index (χ4v) is 3.94. The summed E-state index contributed by atoms with van der Waals surface area (Å²) in [5.74, 6) is 1.27. The Bertz CT molecular complexity index is 1200. The maximum Gasteiger partial charge on any atom is 0.278 e. The third-order valence-corrected chi connectivity index (χ3v) is 5.72. The van der Waals surface area contributed by atoms with Gasteiger partial charge in [-0.05, 0) is 36.3 Å². The predicted molar refractivity (Wildman–Crippen MR) is 128 cm³/mol. The lowest BCUT2D eigenvalue weighted by Crippen LogP contribution is -2.31. The van der Waals surface area contributed by atoms with Gasteiger partial charge in [0, 0.05) is 6.07 Å². The Balaban J connectivity index is 1.52. The highest BCUT2D eigenvalue weighted by molar-refractivity contribution is 8.14. The summed E-state index contributed by atoms with van der Waals surface area (Å²) < 4.78 is 10.1. The summed E-state index contributed by atoms with van der Waals surface area (Å²) in [5, 5.41) is 6.90. The predicted octanol–water partition coefficient (Wildman–Crippen LogP) is 4.10. The molecule has 8 nitrogen and oxygen atoms in total. The monoisotopic (exact) mass is 462 g/mol. The summed E-state index contributed by atoms with van der Waals surface area (Å²) in [6.07, 6.45) is 1.73. The second-order valence-electron chi connectivity index (χ2n) is 7.23. The quantitative estimate of drug-likeness (QED) is 0.531. The molecule has 1 N–H and O–H groups in total. The van der Waals surface area contributed by atoms with Crippen molar-refractivity contribution >= 4 is 40.6 Å². The molecule has 9 heteroatoms. The smallest absolute Gasteiger partial charge is 0.278 e. The molecule has 0 radical (unpaired) electrons. The second kappa shape index (κ2) is 10.2. The van der Waals surface area contributed by atoms with Gasteiger partial charge in [0.2, 0.25) is 5.91 Å². The second-order valence-corrected chi connectivity index (χ2v) is 8.18. The van der Waals surface area contributed by atoms with Gasteiger partial charge in [0.05, 0.1) is 19.4 Å². The van der Waals surface area contributed by atoms with Gasteiger partial charge in [0.1, 0.15) is 17.2 Å². The van der Waals surface area contributed by atoms with Crippen molar-refractivity contribution in [3.8, 4) is 5.75 Å². The van der Waals surface area contributed by atoms with Gasteiger partial charge < -0.3 is 14.6 Å². The number of aryl methyl sites for hydroxylation is 1. The molecular weight excluding hydrogens is 440 g/mol. The number of thioether (sulfide) groups is 1. The minimum atomic E-state index is -0.268. The van der Waals surface area contributed by atoms with E-state index in [1.54, 1.807) is 31.1 Å². The highest BCUT2D eigenvalue weighted by Gasteiger charge is 2.31. The maximum atomic E-state index is 13.2. The molecule has 33 heavy (non-hydrogen) atoms. The largest absolute Gasteiger partial charge is 0.497 e. The van der Waals surface area contributed by atoms with Crippen molar-refractivity contribution in [2.45, 2.75) is 13.5 Å². The Morgan fingerprint density at radius 3 is 2.61 bits per heavy atom. The molecule has 0 saturated carbocycles. The normalized spacial score (nSPS) is 14.5. The fraction of sp³-hybridized carbons (Fsp3) is 0.167. The van der Waals surface area contributed by atoms with E-state index in [-0.39, 0.29) is 17.6 Å². The number of rotatable bonds is 7. The molecule has 2 aromatic carbocycles. The summed E-state index contributed by atoms with van der Waals surface area (Å²) in [4.78, 5) is 31.7. The maximum absolute atomic E-state index is 13.2. The van der Waals surface area contributed by atoms with Crippen molar-refractivity contribution in [2.75, 3.05) is 18.2 Å². The Hall–Kier alpha value is -3.85. The van der Waals surface area contributed by atoms with Crippen LogP contribution in [0.3, 0.4) is 0 Å². The van der Waals surface area contributed by atoms with E-state index in [0.717, 1.165) is 16.9 Å². The van der Waals surface area contributed by atoms with Crippen LogP contribution in [0.5, 0.6) is 5.75 Å². The average Bonchev–Trinajstić information content (AvgIpc) is 3.36. The van der Waals surface area contributed by atoms with Crippen LogP contribution in [0.4, 0.5) is 5.82 Å². The van der Waals surface area contributed by atoms with Crippen LogP contribution in [0, 0.1) is 6.92 Å². The van der Waals surface area contributed by atoms with Crippen molar-refractivity contribution in [2.24, 2.45) is 4.99 Å². The van der Waals surface area contributed by atoms with Crippen LogP contribution in [0.1, 0.15) is 16.9 Å². The van der Waals surface area contributed by atoms with Crippen LogP contribution >= 0.6 is 11.8 Å². The first kappa shape index (κ1) is 22.3. The number of benzene rings is 2. The van der Waals surface area contributed by atoms with Crippen molar-refractivity contribution < 1.29 is 18.8 Å². The van der Waals surface area contributed by atoms with Gasteiger partial charge in [0.15, 0.2) is 11.0 Å². The van der Waals surface area contributed by atoms with E-state index in [1.807, 2.05) is 54.6 Å². The van der Waals surface area contributed by atoms with Gasteiger partial charge in [0.25, 0.3) is 5.91 Å². The van der Waals surface area contributed by atoms with Crippen LogP contribution in [0.25, 0.3) is 6.08 Å². The Morgan fingerprint density at radius 2 is 1.94 bits per heavy atom. The third-order valence-electron chi connectivity index (χ3n) is 4.74. The molecule has 0 spiro atoms. The Morgan fingerprint density at radius 1 is 1.18 bits per heavy atom. The molecule has 0 aliphatic carbocycles. The van der Waals surface area contributed by atoms with E-state index in [2.05, 4.69) is 15.5 Å². The number of nitrogens with one attached hydrogen (secondary N) is 1. The molecular formula is C24H22N4O4S. The van der Waals surface area contributed by atoms with Gasteiger partial charge in [-0.1, -0.05) is 59.4 Å². The summed E-state index contributed by atoms with van der Waals surface area (Å²) in [6, 6.07) is 18.6. The van der Waals surface area contributed by atoms with E-state index in [9.17, 15) is 9.59 Å². The van der Waals surface area contributed by atoms with Crippen LogP contribution in [0.15, 0.2) is 75.9 Å². The molecule has 1 aliphatic rings. The first-order valence-electron chi connectivity index (χ1n) is 10.2. The molecule has 4 rings (SSSR count). The van der Waals surface area contributed by atoms with Gasteiger partial charge in [-0.3, -0.25) is 14.5 Å². The molecule has 2 amide bonds. The lowest BCUT2D eigenvalue weighted by molar-refractivity contribution is -0.123. The SMILES string of the molecule is COc1ccc(/C=C2\N=C(SCC(=O)Nc3cc(C)on3)N(Cc3ccccc3)C2=O)cc1. The highest BCUT2D eigenvalue weighted by atomic mass is 32.2. The minimum Gasteiger partial charge on any atom is -0.497 e. The van der Waals surface area contributed by atoms with Crippen molar-refractivity contribution in [3.63, 3.8) is 0 Å². The number of carbonyl (C=O) groups excluding carboxylic acids is 2. The van der Waals surface area contributed by atoms with Gasteiger partial charge in [-0.25, -0.2) is 4.99 Å². The summed E-state index contributed by atoms with van der Waals surface area (Å²) >= 11 is 1.19. The number of aliphatic imine (C=N–C) groups is 1. The number of methoxy groups -OCH3 is 1. The Kier molecular flexibility index (Phi) is 6.89. The zero-order chi connectivity index (χ0) is 23.2. The summed E-state index contributed by atoms with van der Waals surface area (Å²) in [5.41, 5.74) is 2.10. The van der Waals surface area contributed by atoms with Crippen molar-refractivity contribution in [1.29, 1.82) is 0 Å². The van der Waals surface area contributed by atoms with Crippen LogP contribution in [-0.2, 0) is 16.1 Å². The highest BCUT2D eigenvalue weighted by Crippen LogP contribution is 2.26. The molecule has 0 saturated heterocycles. The van der Waals surface area contributed by atoms with Crippen molar-refractivity contribution in [1.82, 2.24) is 10.1 Å². The van der Waals surface area contributed by atoms with E-state index >= 15 is 0 Å². The lowest BCUT2D eigenvalue weighted by atomic mass is 10.1. The summed E-state index contributed by atoms with van der Waals surface area (Å²) in [7, 11) is 1.60. The van der Waals surface area contributed by atoms with Gasteiger partial charge in [-0.15, -0.1) is 0 Å². The average molecular weight is 463 g/mol. The van der Waals surface area contributed by atoms with E-state index in [0.29, 0.717) is 29.0 Å². The number of nitrogens with zero attached hydrogens (tertiary/aromatic N) is 3. The van der Waals surface area contributed by atoms with E-state index in [4.69, 9.17) is 9.26 Å². The molecule has 2 heterocycles. The molecule has 168 valence electrons. The number of hydrogen-bond acceptors (Lipinski definition) is 7. The first-order valence-corrected chi connectivity index (χ1v) is 11.2. The molecule has 0 fully saturated rings. The molecule has 1 aromatic heterocycles. The van der Waals surface area contributed by atoms with E-state index < -0.39 is 0 Å². The zero-order valence-electron chi connectivity index (χ0n) is 18.1. The molecule has 0 atom stereocenters. The molecule has 0 bridgehead atoms. The van der Waals surface area contributed by atoms with Crippen LogP contribution in [0.2, 0.25) is 0 Å². The van der Waals surface area contributed by atoms with Crippen molar-refractivity contribution in [3.05, 3.63) is 83.2 Å². The number of aromatic nitrogens is 1. The summed E-state index contributed by atoms with van der Waals surface area (Å²) in [6.45, 7) is 2.10. The number of carbonyl (C=O) groups is 2. The van der Waals surface area contributed by atoms with Crippen LogP contribution in [-0.4, -0.2) is 39.9 Å². The first-order chi connectivity index (χ1) is 16.0. The molecule has 3 aromatic rings. The number of amidine groups is 1.